The molecule has 6 atom stereocenters. The second-order valence-corrected chi connectivity index (χ2v) is 27.8. The van der Waals surface area contributed by atoms with Crippen LogP contribution in [0.15, 0.2) is 47.6 Å². The van der Waals surface area contributed by atoms with Crippen LogP contribution in [-0.4, -0.2) is 34.6 Å². The summed E-state index contributed by atoms with van der Waals surface area (Å²) < 4.78 is 14.1. The highest BCUT2D eigenvalue weighted by atomic mass is 28.4. The predicted octanol–water partition coefficient (Wildman–Crippen LogP) is 11.4. The number of hydrogen-bond donors (Lipinski definition) is 0. The molecular formula is C39H66O3Si2. The van der Waals surface area contributed by atoms with Gasteiger partial charge in [-0.25, -0.2) is 0 Å². The first-order valence-electron chi connectivity index (χ1n) is 17.8. The second kappa shape index (κ2) is 12.9. The van der Waals surface area contributed by atoms with Gasteiger partial charge in [0.1, 0.15) is 0 Å². The standard InChI is InChI=1S/C39H66O3Si2/c1-27(16-23-35(40)30-18-19-30)33-21-22-34-29(15-14-24-39(33,34)9)17-20-31-25-32(41-43(10,11)37(3,4)5)26-36(28(31)2)42-44(12,13)38(6,7)8/h16-17,20,23,27,30,32-34,36H,2,14-15,18-19,21-22,24-26H2,1,3-13H3. The number of allylic oxidation sites excluding steroid dienone is 5. The Morgan fingerprint density at radius 2 is 1.57 bits per heavy atom. The largest absolute Gasteiger partial charge is 0.413 e. The molecule has 4 rings (SSSR count). The summed E-state index contributed by atoms with van der Waals surface area (Å²) >= 11 is 0. The van der Waals surface area contributed by atoms with E-state index in [1.807, 2.05) is 6.08 Å². The summed E-state index contributed by atoms with van der Waals surface area (Å²) in [4.78, 5) is 12.4. The van der Waals surface area contributed by atoms with Gasteiger partial charge in [-0.2, -0.15) is 0 Å². The molecule has 0 aromatic heterocycles. The Morgan fingerprint density at radius 1 is 0.955 bits per heavy atom. The van der Waals surface area contributed by atoms with Gasteiger partial charge in [0, 0.05) is 12.3 Å². The van der Waals surface area contributed by atoms with Crippen molar-refractivity contribution in [2.75, 3.05) is 0 Å². The van der Waals surface area contributed by atoms with Crippen molar-refractivity contribution in [3.8, 4) is 0 Å². The van der Waals surface area contributed by atoms with Crippen LogP contribution < -0.4 is 0 Å². The van der Waals surface area contributed by atoms with Gasteiger partial charge >= 0.3 is 0 Å². The molecule has 4 aliphatic rings. The second-order valence-electron chi connectivity index (χ2n) is 18.3. The smallest absolute Gasteiger partial charge is 0.192 e. The average Bonchev–Trinajstić information content (AvgIpc) is 3.68. The van der Waals surface area contributed by atoms with Gasteiger partial charge in [-0.05, 0) is 128 Å². The molecular weight excluding hydrogens is 573 g/mol. The first kappa shape index (κ1) is 35.8. The van der Waals surface area contributed by atoms with Gasteiger partial charge in [-0.15, -0.1) is 0 Å². The highest BCUT2D eigenvalue weighted by molar-refractivity contribution is 6.74. The fourth-order valence-corrected chi connectivity index (χ4v) is 10.5. The molecule has 0 bridgehead atoms. The van der Waals surface area contributed by atoms with E-state index in [0.717, 1.165) is 25.7 Å². The maximum Gasteiger partial charge on any atom is 0.192 e. The Bertz CT molecular complexity index is 1170. The summed E-state index contributed by atoms with van der Waals surface area (Å²) in [6.07, 6.45) is 19.5. The summed E-state index contributed by atoms with van der Waals surface area (Å²) in [5, 5.41) is 0.321. The molecule has 0 aromatic rings. The Hall–Kier alpha value is -1.02. The van der Waals surface area contributed by atoms with Crippen molar-refractivity contribution in [2.45, 2.75) is 162 Å². The van der Waals surface area contributed by atoms with E-state index in [-0.39, 0.29) is 22.3 Å². The van der Waals surface area contributed by atoms with Crippen LogP contribution in [0.2, 0.25) is 36.3 Å². The molecule has 0 saturated heterocycles. The molecule has 5 heteroatoms. The topological polar surface area (TPSA) is 35.5 Å². The molecule has 0 aliphatic heterocycles. The van der Waals surface area contributed by atoms with Crippen LogP contribution in [0.5, 0.6) is 0 Å². The van der Waals surface area contributed by atoms with E-state index in [1.54, 1.807) is 5.57 Å². The molecule has 0 heterocycles. The van der Waals surface area contributed by atoms with E-state index in [2.05, 4.69) is 106 Å². The van der Waals surface area contributed by atoms with Crippen LogP contribution in [0.1, 0.15) is 113 Å². The van der Waals surface area contributed by atoms with Crippen molar-refractivity contribution in [2.24, 2.45) is 29.1 Å². The molecule has 3 nitrogen and oxygen atoms in total. The number of carbonyl (C=O) groups excluding carboxylic acids is 1. The van der Waals surface area contributed by atoms with Gasteiger partial charge in [-0.3, -0.25) is 4.79 Å². The molecule has 4 saturated carbocycles. The van der Waals surface area contributed by atoms with E-state index in [4.69, 9.17) is 8.85 Å². The highest BCUT2D eigenvalue weighted by Crippen LogP contribution is 2.59. The minimum atomic E-state index is -1.98. The van der Waals surface area contributed by atoms with E-state index in [1.165, 1.54) is 43.3 Å². The normalized spacial score (nSPS) is 33.3. The molecule has 44 heavy (non-hydrogen) atoms. The molecule has 0 spiro atoms. The fraction of sp³-hybridized carbons (Fsp3) is 0.769. The lowest BCUT2D eigenvalue weighted by molar-refractivity contribution is -0.115. The number of ketones is 1. The number of fused-ring (bicyclic) bond motifs is 1. The Kier molecular flexibility index (Phi) is 10.5. The third kappa shape index (κ3) is 7.74. The first-order chi connectivity index (χ1) is 20.2. The summed E-state index contributed by atoms with van der Waals surface area (Å²) in [5.41, 5.74) is 4.43. The third-order valence-electron chi connectivity index (χ3n) is 13.0. The van der Waals surface area contributed by atoms with E-state index >= 15 is 0 Å². The lowest BCUT2D eigenvalue weighted by atomic mass is 9.61. The van der Waals surface area contributed by atoms with Gasteiger partial charge in [0.15, 0.2) is 22.4 Å². The average molecular weight is 639 g/mol. The van der Waals surface area contributed by atoms with Crippen LogP contribution in [0.4, 0.5) is 0 Å². The quantitative estimate of drug-likeness (QED) is 0.186. The maximum atomic E-state index is 12.4. The summed E-state index contributed by atoms with van der Waals surface area (Å²) in [6, 6.07) is 0. The van der Waals surface area contributed by atoms with Crippen molar-refractivity contribution in [3.63, 3.8) is 0 Å². The van der Waals surface area contributed by atoms with Gasteiger partial charge < -0.3 is 8.85 Å². The third-order valence-corrected chi connectivity index (χ3v) is 22.0. The Morgan fingerprint density at radius 3 is 2.16 bits per heavy atom. The Labute approximate surface area is 273 Å². The molecule has 0 N–H and O–H groups in total. The van der Waals surface area contributed by atoms with E-state index < -0.39 is 16.6 Å². The highest BCUT2D eigenvalue weighted by Gasteiger charge is 2.50. The Balaban J connectivity index is 1.58. The molecule has 0 radical (unpaired) electrons. The monoisotopic (exact) mass is 638 g/mol. The van der Waals surface area contributed by atoms with Crippen LogP contribution >= 0.6 is 0 Å². The summed E-state index contributed by atoms with van der Waals surface area (Å²) in [7, 11) is -3.91. The number of carbonyl (C=O) groups is 1. The SMILES string of the molecule is C=C1C(=CC=C2CCCC3(C)C2CCC3C(C)C=CC(=O)C2CC2)CC(O[Si](C)(C)C(C)(C)C)CC1O[Si](C)(C)C(C)(C)C. The molecule has 0 amide bonds. The van der Waals surface area contributed by atoms with Crippen LogP contribution in [0.25, 0.3) is 0 Å². The molecule has 4 aliphatic carbocycles. The number of rotatable bonds is 9. The molecule has 6 unspecified atom stereocenters. The first-order valence-corrected chi connectivity index (χ1v) is 23.6. The van der Waals surface area contributed by atoms with Gasteiger partial charge in [0.05, 0.1) is 12.2 Å². The van der Waals surface area contributed by atoms with Crippen LogP contribution in [0.3, 0.4) is 0 Å². The fourth-order valence-electron chi connectivity index (χ4n) is 7.79. The summed E-state index contributed by atoms with van der Waals surface area (Å²) in [6.45, 7) is 33.0. The molecule has 248 valence electrons. The molecule has 4 fully saturated rings. The van der Waals surface area contributed by atoms with Crippen molar-refractivity contribution in [1.29, 1.82) is 0 Å². The maximum absolute atomic E-state index is 12.4. The zero-order valence-electron chi connectivity index (χ0n) is 30.6. The van der Waals surface area contributed by atoms with Crippen LogP contribution in [-0.2, 0) is 13.6 Å². The zero-order chi connectivity index (χ0) is 32.9. The minimum absolute atomic E-state index is 0.0162. The lowest BCUT2D eigenvalue weighted by Crippen LogP contribution is -2.49. The van der Waals surface area contributed by atoms with Crippen molar-refractivity contribution in [3.05, 3.63) is 47.6 Å². The molecule has 0 aromatic carbocycles. The van der Waals surface area contributed by atoms with Crippen molar-refractivity contribution < 1.29 is 13.6 Å². The van der Waals surface area contributed by atoms with Gasteiger partial charge in [-0.1, -0.05) is 85.8 Å². The van der Waals surface area contributed by atoms with Crippen LogP contribution in [0, 0.1) is 29.1 Å². The lowest BCUT2D eigenvalue weighted by Gasteiger charge is -2.45. The van der Waals surface area contributed by atoms with Gasteiger partial charge in [0.25, 0.3) is 0 Å². The number of hydrogen-bond acceptors (Lipinski definition) is 3. The minimum Gasteiger partial charge on any atom is -0.413 e. The summed E-state index contributed by atoms with van der Waals surface area (Å²) in [5.74, 6) is 2.39. The van der Waals surface area contributed by atoms with Crippen molar-refractivity contribution >= 4 is 22.4 Å². The van der Waals surface area contributed by atoms with Crippen molar-refractivity contribution in [1.82, 2.24) is 0 Å². The zero-order valence-corrected chi connectivity index (χ0v) is 32.6. The van der Waals surface area contributed by atoms with Gasteiger partial charge in [0.2, 0.25) is 0 Å². The van der Waals surface area contributed by atoms with E-state index in [9.17, 15) is 4.79 Å². The predicted molar refractivity (Wildman–Crippen MR) is 193 cm³/mol. The van der Waals surface area contributed by atoms with E-state index in [0.29, 0.717) is 34.9 Å².